The van der Waals surface area contributed by atoms with Crippen LogP contribution in [0.3, 0.4) is 0 Å². The first-order valence-electron chi connectivity index (χ1n) is 11.4. The molecule has 7 nitrogen and oxygen atoms in total. The van der Waals surface area contributed by atoms with E-state index in [1.54, 1.807) is 0 Å². The molecule has 5 heterocycles. The summed E-state index contributed by atoms with van der Waals surface area (Å²) < 4.78 is 11.9. The third kappa shape index (κ3) is 3.51. The van der Waals surface area contributed by atoms with E-state index in [1.807, 2.05) is 18.6 Å². The van der Waals surface area contributed by atoms with Gasteiger partial charge in [-0.1, -0.05) is 0 Å². The van der Waals surface area contributed by atoms with Crippen LogP contribution >= 0.6 is 0 Å². The van der Waals surface area contributed by atoms with Gasteiger partial charge in [0.2, 0.25) is 0 Å². The van der Waals surface area contributed by atoms with Crippen molar-refractivity contribution < 1.29 is 9.47 Å². The summed E-state index contributed by atoms with van der Waals surface area (Å²) in [6, 6.07) is 6.40. The SMILES string of the molecule is Cc1cc(-c2cnc(C3CNC3)nc2)cc2c1OCc1c(C3CCOCC3)ccnc1N2. The largest absolute Gasteiger partial charge is 0.486 e. The van der Waals surface area contributed by atoms with E-state index < -0.39 is 0 Å². The number of pyridine rings is 1. The molecular formula is C25H27N5O2. The van der Waals surface area contributed by atoms with E-state index in [-0.39, 0.29) is 0 Å². The van der Waals surface area contributed by atoms with Crippen LogP contribution in [-0.2, 0) is 11.3 Å². The minimum Gasteiger partial charge on any atom is -0.486 e. The molecule has 0 unspecified atom stereocenters. The first kappa shape index (κ1) is 19.6. The highest BCUT2D eigenvalue weighted by Crippen LogP contribution is 2.41. The molecule has 0 saturated carbocycles. The van der Waals surface area contributed by atoms with Gasteiger partial charge in [-0.2, -0.15) is 0 Å². The average molecular weight is 430 g/mol. The Morgan fingerprint density at radius 3 is 2.53 bits per heavy atom. The molecule has 7 heteroatoms. The molecule has 3 aromatic rings. The molecule has 2 saturated heterocycles. The van der Waals surface area contributed by atoms with Gasteiger partial charge in [-0.3, -0.25) is 0 Å². The zero-order chi connectivity index (χ0) is 21.5. The highest BCUT2D eigenvalue weighted by molar-refractivity contribution is 5.77. The predicted molar refractivity (Wildman–Crippen MR) is 122 cm³/mol. The Bertz CT molecular complexity index is 1140. The van der Waals surface area contributed by atoms with Crippen molar-refractivity contribution in [2.75, 3.05) is 31.6 Å². The Labute approximate surface area is 187 Å². The number of fused-ring (bicyclic) bond motifs is 2. The van der Waals surface area contributed by atoms with Crippen LogP contribution < -0.4 is 15.4 Å². The number of benzene rings is 1. The maximum atomic E-state index is 6.33. The lowest BCUT2D eigenvalue weighted by Gasteiger charge is -2.25. The maximum absolute atomic E-state index is 6.33. The summed E-state index contributed by atoms with van der Waals surface area (Å²) in [6.07, 6.45) is 7.84. The number of aromatic nitrogens is 3. The van der Waals surface area contributed by atoms with E-state index in [0.717, 1.165) is 84.5 Å². The highest BCUT2D eigenvalue weighted by Gasteiger charge is 2.25. The molecule has 2 aromatic heterocycles. The Morgan fingerprint density at radius 1 is 0.969 bits per heavy atom. The van der Waals surface area contributed by atoms with Crippen molar-refractivity contribution in [2.24, 2.45) is 0 Å². The number of ether oxygens (including phenoxy) is 2. The fourth-order valence-electron chi connectivity index (χ4n) is 4.82. The van der Waals surface area contributed by atoms with Crippen molar-refractivity contribution in [1.82, 2.24) is 20.3 Å². The van der Waals surface area contributed by atoms with E-state index in [4.69, 9.17) is 9.47 Å². The van der Waals surface area contributed by atoms with Crippen LogP contribution in [0.15, 0.2) is 36.8 Å². The van der Waals surface area contributed by atoms with Crippen LogP contribution in [0.4, 0.5) is 11.5 Å². The topological polar surface area (TPSA) is 81.2 Å². The first-order chi connectivity index (χ1) is 15.8. The normalized spacial score (nSPS) is 18.5. The van der Waals surface area contributed by atoms with E-state index in [1.165, 1.54) is 5.56 Å². The van der Waals surface area contributed by atoms with Gasteiger partial charge in [-0.25, -0.2) is 15.0 Å². The van der Waals surface area contributed by atoms with Gasteiger partial charge in [-0.05, 0) is 60.6 Å². The number of nitrogens with zero attached hydrogens (tertiary/aromatic N) is 3. The van der Waals surface area contributed by atoms with E-state index in [0.29, 0.717) is 18.4 Å². The van der Waals surface area contributed by atoms with Crippen LogP contribution in [0.5, 0.6) is 5.75 Å². The van der Waals surface area contributed by atoms with Crippen molar-refractivity contribution in [3.05, 3.63) is 59.3 Å². The fourth-order valence-corrected chi connectivity index (χ4v) is 4.82. The van der Waals surface area contributed by atoms with E-state index >= 15 is 0 Å². The molecule has 2 fully saturated rings. The minimum atomic E-state index is 0.431. The van der Waals surface area contributed by atoms with Crippen LogP contribution in [0.25, 0.3) is 11.1 Å². The zero-order valence-electron chi connectivity index (χ0n) is 18.2. The molecule has 0 aliphatic carbocycles. The summed E-state index contributed by atoms with van der Waals surface area (Å²) in [6.45, 7) is 6.15. The summed E-state index contributed by atoms with van der Waals surface area (Å²) >= 11 is 0. The monoisotopic (exact) mass is 429 g/mol. The number of hydrogen-bond acceptors (Lipinski definition) is 7. The molecule has 6 rings (SSSR count). The molecule has 164 valence electrons. The summed E-state index contributed by atoms with van der Waals surface area (Å²) in [4.78, 5) is 13.9. The Morgan fingerprint density at radius 2 is 1.78 bits per heavy atom. The van der Waals surface area contributed by atoms with Gasteiger partial charge in [0.05, 0.1) is 5.69 Å². The van der Waals surface area contributed by atoms with Gasteiger partial charge in [0.15, 0.2) is 0 Å². The van der Waals surface area contributed by atoms with E-state index in [2.05, 4.69) is 50.7 Å². The van der Waals surface area contributed by atoms with Gasteiger partial charge in [0.25, 0.3) is 0 Å². The molecule has 0 radical (unpaired) electrons. The molecule has 0 amide bonds. The molecule has 0 spiro atoms. The van der Waals surface area contributed by atoms with Crippen LogP contribution in [0, 0.1) is 6.92 Å². The third-order valence-corrected chi connectivity index (χ3v) is 6.79. The van der Waals surface area contributed by atoms with Crippen molar-refractivity contribution in [3.63, 3.8) is 0 Å². The number of rotatable bonds is 3. The molecule has 3 aliphatic rings. The quantitative estimate of drug-likeness (QED) is 0.650. The summed E-state index contributed by atoms with van der Waals surface area (Å²) in [5.74, 6) is 3.60. The van der Waals surface area contributed by atoms with Crippen molar-refractivity contribution in [3.8, 4) is 16.9 Å². The maximum Gasteiger partial charge on any atom is 0.146 e. The highest BCUT2D eigenvalue weighted by atomic mass is 16.5. The van der Waals surface area contributed by atoms with Gasteiger partial charge in [0, 0.05) is 61.9 Å². The number of aryl methyl sites for hydroxylation is 1. The second kappa shape index (κ2) is 8.15. The second-order valence-electron chi connectivity index (χ2n) is 8.88. The lowest BCUT2D eigenvalue weighted by Crippen LogP contribution is -2.40. The molecule has 0 atom stereocenters. The van der Waals surface area contributed by atoms with Gasteiger partial charge < -0.3 is 20.1 Å². The molecular weight excluding hydrogens is 402 g/mol. The first-order valence-corrected chi connectivity index (χ1v) is 11.4. The molecule has 3 aliphatic heterocycles. The lowest BCUT2D eigenvalue weighted by atomic mass is 9.89. The summed E-state index contributed by atoms with van der Waals surface area (Å²) in [5, 5.41) is 6.84. The standard InChI is InChI=1S/C25H27N5O2/c1-15-8-17(18-12-28-24(29-13-18)19-10-26-11-19)9-22-23(15)32-14-21-20(2-5-27-25(21)30-22)16-3-6-31-7-4-16/h2,5,8-9,12-13,16,19,26H,3-4,6-7,10-11,14H2,1H3,(H,27,30). The van der Waals surface area contributed by atoms with Crippen LogP contribution in [0.1, 0.15) is 47.2 Å². The Hall–Kier alpha value is -3.03. The zero-order valence-corrected chi connectivity index (χ0v) is 18.2. The molecule has 1 aromatic carbocycles. The van der Waals surface area contributed by atoms with E-state index in [9.17, 15) is 0 Å². The molecule has 2 N–H and O–H groups in total. The van der Waals surface area contributed by atoms with Crippen molar-refractivity contribution in [2.45, 2.75) is 38.2 Å². The third-order valence-electron chi connectivity index (χ3n) is 6.79. The summed E-state index contributed by atoms with van der Waals surface area (Å²) in [7, 11) is 0. The van der Waals surface area contributed by atoms with Gasteiger partial charge >= 0.3 is 0 Å². The van der Waals surface area contributed by atoms with Gasteiger partial charge in [0.1, 0.15) is 24.0 Å². The van der Waals surface area contributed by atoms with Crippen LogP contribution in [-0.4, -0.2) is 41.3 Å². The molecule has 0 bridgehead atoms. The summed E-state index contributed by atoms with van der Waals surface area (Å²) in [5.41, 5.74) is 6.56. The average Bonchev–Trinajstić information content (AvgIpc) is 2.98. The number of anilines is 2. The lowest BCUT2D eigenvalue weighted by molar-refractivity contribution is 0.0849. The minimum absolute atomic E-state index is 0.431. The van der Waals surface area contributed by atoms with Crippen LogP contribution in [0.2, 0.25) is 0 Å². The number of hydrogen-bond donors (Lipinski definition) is 2. The Kier molecular flexibility index (Phi) is 5.00. The van der Waals surface area contributed by atoms with Crippen molar-refractivity contribution >= 4 is 11.5 Å². The fraction of sp³-hybridized carbons (Fsp3) is 0.400. The Balaban J connectivity index is 1.33. The van der Waals surface area contributed by atoms with Gasteiger partial charge in [-0.15, -0.1) is 0 Å². The molecule has 32 heavy (non-hydrogen) atoms. The second-order valence-corrected chi connectivity index (χ2v) is 8.88. The van der Waals surface area contributed by atoms with Crippen molar-refractivity contribution in [1.29, 1.82) is 0 Å². The predicted octanol–water partition coefficient (Wildman–Crippen LogP) is 4.06. The smallest absolute Gasteiger partial charge is 0.146 e. The number of nitrogens with one attached hydrogen (secondary N) is 2.